The molecule has 0 bridgehead atoms. The van der Waals surface area contributed by atoms with Gasteiger partial charge in [-0.1, -0.05) is 6.92 Å². The third-order valence-corrected chi connectivity index (χ3v) is 2.13. The highest BCUT2D eigenvalue weighted by Crippen LogP contribution is 2.16. The molecular weight excluding hydrogens is 158 g/mol. The molecule has 1 heterocycles. The highest BCUT2D eigenvalue weighted by molar-refractivity contribution is 5.73. The van der Waals surface area contributed by atoms with Crippen LogP contribution in [0, 0.1) is 5.92 Å². The van der Waals surface area contributed by atoms with Crippen molar-refractivity contribution in [2.45, 2.75) is 19.4 Å². The van der Waals surface area contributed by atoms with Gasteiger partial charge in [-0.25, -0.2) is 0 Å². The molecule has 1 fully saturated rings. The molecule has 1 rings (SSSR count). The topological polar surface area (TPSA) is 58.6 Å². The predicted octanol–water partition coefficient (Wildman–Crippen LogP) is 0.0856. The summed E-state index contributed by atoms with van der Waals surface area (Å²) in [6, 6.07) is -0.433. The van der Waals surface area contributed by atoms with Gasteiger partial charge in [0.1, 0.15) is 6.04 Å². The first kappa shape index (κ1) is 9.48. The van der Waals surface area contributed by atoms with Gasteiger partial charge in [0.15, 0.2) is 0 Å². The van der Waals surface area contributed by atoms with Gasteiger partial charge in [-0.2, -0.15) is 0 Å². The van der Waals surface area contributed by atoms with Crippen LogP contribution in [0.5, 0.6) is 0 Å². The molecule has 0 saturated carbocycles. The number of aliphatic carboxylic acids is 1. The molecule has 0 amide bonds. The third kappa shape index (κ3) is 2.19. The molecule has 2 unspecified atom stereocenters. The SMILES string of the molecule is CCNC(C(=O)O)C1CCOC1. The summed E-state index contributed by atoms with van der Waals surface area (Å²) in [7, 11) is 0. The van der Waals surface area contributed by atoms with E-state index >= 15 is 0 Å². The Hall–Kier alpha value is -0.610. The van der Waals surface area contributed by atoms with E-state index in [0.29, 0.717) is 19.8 Å². The fraction of sp³-hybridized carbons (Fsp3) is 0.875. The minimum atomic E-state index is -0.771. The summed E-state index contributed by atoms with van der Waals surface area (Å²) in [5, 5.41) is 11.8. The molecule has 0 aliphatic carbocycles. The molecule has 0 aromatic heterocycles. The van der Waals surface area contributed by atoms with Crippen LogP contribution in [0.2, 0.25) is 0 Å². The van der Waals surface area contributed by atoms with Gasteiger partial charge in [0.2, 0.25) is 0 Å². The Labute approximate surface area is 71.9 Å². The smallest absolute Gasteiger partial charge is 0.321 e. The van der Waals surface area contributed by atoms with Gasteiger partial charge in [0.05, 0.1) is 6.61 Å². The molecule has 2 N–H and O–H groups in total. The first-order chi connectivity index (χ1) is 5.75. The van der Waals surface area contributed by atoms with Crippen molar-refractivity contribution in [2.75, 3.05) is 19.8 Å². The lowest BCUT2D eigenvalue weighted by molar-refractivity contribution is -0.141. The molecule has 0 aromatic rings. The maximum atomic E-state index is 10.8. The van der Waals surface area contributed by atoms with E-state index in [1.165, 1.54) is 0 Å². The van der Waals surface area contributed by atoms with E-state index in [1.807, 2.05) is 6.92 Å². The molecule has 1 aliphatic heterocycles. The first-order valence-electron chi connectivity index (χ1n) is 4.29. The zero-order chi connectivity index (χ0) is 8.97. The Morgan fingerprint density at radius 3 is 3.00 bits per heavy atom. The molecule has 4 heteroatoms. The molecule has 4 nitrogen and oxygen atoms in total. The average molecular weight is 173 g/mol. The molecule has 2 atom stereocenters. The van der Waals surface area contributed by atoms with Gasteiger partial charge in [0, 0.05) is 12.5 Å². The molecule has 0 spiro atoms. The highest BCUT2D eigenvalue weighted by atomic mass is 16.5. The van der Waals surface area contributed by atoms with E-state index < -0.39 is 12.0 Å². The van der Waals surface area contributed by atoms with Gasteiger partial charge in [-0.05, 0) is 13.0 Å². The van der Waals surface area contributed by atoms with Gasteiger partial charge >= 0.3 is 5.97 Å². The van der Waals surface area contributed by atoms with Crippen molar-refractivity contribution in [3.8, 4) is 0 Å². The van der Waals surface area contributed by atoms with Gasteiger partial charge in [-0.15, -0.1) is 0 Å². The van der Waals surface area contributed by atoms with Crippen molar-refractivity contribution in [3.05, 3.63) is 0 Å². The fourth-order valence-corrected chi connectivity index (χ4v) is 1.49. The summed E-state index contributed by atoms with van der Waals surface area (Å²) in [4.78, 5) is 10.8. The Balaban J connectivity index is 2.45. The van der Waals surface area contributed by atoms with Crippen molar-refractivity contribution >= 4 is 5.97 Å². The lowest BCUT2D eigenvalue weighted by Gasteiger charge is -2.18. The molecule has 1 saturated heterocycles. The minimum absolute atomic E-state index is 0.141. The number of carboxylic acids is 1. The number of nitrogens with one attached hydrogen (secondary N) is 1. The van der Waals surface area contributed by atoms with Crippen LogP contribution >= 0.6 is 0 Å². The summed E-state index contributed by atoms with van der Waals surface area (Å²) < 4.78 is 5.13. The van der Waals surface area contributed by atoms with Crippen LogP contribution in [-0.2, 0) is 9.53 Å². The molecular formula is C8H15NO3. The number of carboxylic acid groups (broad SMARTS) is 1. The minimum Gasteiger partial charge on any atom is -0.480 e. The maximum absolute atomic E-state index is 10.8. The first-order valence-corrected chi connectivity index (χ1v) is 4.29. The third-order valence-electron chi connectivity index (χ3n) is 2.13. The van der Waals surface area contributed by atoms with Crippen molar-refractivity contribution in [2.24, 2.45) is 5.92 Å². The van der Waals surface area contributed by atoms with Crippen LogP contribution in [0.4, 0.5) is 0 Å². The van der Waals surface area contributed by atoms with Crippen LogP contribution in [-0.4, -0.2) is 36.9 Å². The average Bonchev–Trinajstić information content (AvgIpc) is 2.51. The van der Waals surface area contributed by atoms with E-state index in [1.54, 1.807) is 0 Å². The van der Waals surface area contributed by atoms with Gasteiger partial charge < -0.3 is 15.2 Å². The molecule has 70 valence electrons. The van der Waals surface area contributed by atoms with Crippen molar-refractivity contribution < 1.29 is 14.6 Å². The molecule has 0 aromatic carbocycles. The predicted molar refractivity (Wildman–Crippen MR) is 44.0 cm³/mol. The quantitative estimate of drug-likeness (QED) is 0.632. The van der Waals surface area contributed by atoms with Crippen LogP contribution in [0.25, 0.3) is 0 Å². The number of carbonyl (C=O) groups is 1. The largest absolute Gasteiger partial charge is 0.480 e. The summed E-state index contributed by atoms with van der Waals surface area (Å²) in [6.07, 6.45) is 0.851. The second kappa shape index (κ2) is 4.42. The molecule has 1 aliphatic rings. The van der Waals surface area contributed by atoms with E-state index in [9.17, 15) is 4.79 Å². The van der Waals surface area contributed by atoms with Crippen molar-refractivity contribution in [1.82, 2.24) is 5.32 Å². The summed E-state index contributed by atoms with van der Waals surface area (Å²) in [6.45, 7) is 3.86. The fourth-order valence-electron chi connectivity index (χ4n) is 1.49. The van der Waals surface area contributed by atoms with Gasteiger partial charge in [0.25, 0.3) is 0 Å². The van der Waals surface area contributed by atoms with Crippen molar-refractivity contribution in [1.29, 1.82) is 0 Å². The normalized spacial score (nSPS) is 25.6. The van der Waals surface area contributed by atoms with Crippen LogP contribution < -0.4 is 5.32 Å². The van der Waals surface area contributed by atoms with E-state index in [2.05, 4.69) is 5.32 Å². The van der Waals surface area contributed by atoms with E-state index in [0.717, 1.165) is 6.42 Å². The Kier molecular flexibility index (Phi) is 3.49. The summed E-state index contributed by atoms with van der Waals surface area (Å²) in [5.74, 6) is -0.630. The van der Waals surface area contributed by atoms with E-state index in [4.69, 9.17) is 9.84 Å². The van der Waals surface area contributed by atoms with Crippen LogP contribution in [0.15, 0.2) is 0 Å². The second-order valence-corrected chi connectivity index (χ2v) is 3.00. The lowest BCUT2D eigenvalue weighted by Crippen LogP contribution is -2.43. The zero-order valence-corrected chi connectivity index (χ0v) is 7.25. The number of rotatable bonds is 4. The zero-order valence-electron chi connectivity index (χ0n) is 7.25. The van der Waals surface area contributed by atoms with E-state index in [-0.39, 0.29) is 5.92 Å². The second-order valence-electron chi connectivity index (χ2n) is 3.00. The highest BCUT2D eigenvalue weighted by Gasteiger charge is 2.30. The monoisotopic (exact) mass is 173 g/mol. The van der Waals surface area contributed by atoms with Crippen molar-refractivity contribution in [3.63, 3.8) is 0 Å². The summed E-state index contributed by atoms with van der Waals surface area (Å²) >= 11 is 0. The maximum Gasteiger partial charge on any atom is 0.321 e. The number of hydrogen-bond donors (Lipinski definition) is 2. The molecule has 12 heavy (non-hydrogen) atoms. The summed E-state index contributed by atoms with van der Waals surface area (Å²) in [5.41, 5.74) is 0. The Morgan fingerprint density at radius 2 is 2.58 bits per heavy atom. The lowest BCUT2D eigenvalue weighted by atomic mass is 9.99. The van der Waals surface area contributed by atoms with Crippen LogP contribution in [0.1, 0.15) is 13.3 Å². The number of likely N-dealkylation sites (N-methyl/N-ethyl adjacent to an activating group) is 1. The number of ether oxygens (including phenoxy) is 1. The van der Waals surface area contributed by atoms with Crippen LogP contribution in [0.3, 0.4) is 0 Å². The standard InChI is InChI=1S/C8H15NO3/c1-2-9-7(8(10)11)6-3-4-12-5-6/h6-7,9H,2-5H2,1H3,(H,10,11). The Morgan fingerprint density at radius 1 is 1.83 bits per heavy atom. The molecule has 0 radical (unpaired) electrons. The number of hydrogen-bond acceptors (Lipinski definition) is 3. The van der Waals surface area contributed by atoms with Gasteiger partial charge in [-0.3, -0.25) is 4.79 Å². The Bertz CT molecular complexity index is 154.